The van der Waals surface area contributed by atoms with Crippen LogP contribution < -0.4 is 5.32 Å². The second-order valence-corrected chi connectivity index (χ2v) is 5.69. The van der Waals surface area contributed by atoms with Gasteiger partial charge in [0.05, 0.1) is 6.33 Å². The average Bonchev–Trinajstić information content (AvgIpc) is 2.91. The molecular formula is C15H19N3OS. The summed E-state index contributed by atoms with van der Waals surface area (Å²) in [6, 6.07) is 6.01. The first-order valence-corrected chi connectivity index (χ1v) is 7.74. The Morgan fingerprint density at radius 1 is 1.50 bits per heavy atom. The summed E-state index contributed by atoms with van der Waals surface area (Å²) in [4.78, 5) is 17.4. The molecule has 2 rings (SSSR count). The molecule has 1 amide bonds. The van der Waals surface area contributed by atoms with Gasteiger partial charge in [0.1, 0.15) is 0 Å². The Bertz CT molecular complexity index is 581. The van der Waals surface area contributed by atoms with E-state index < -0.39 is 0 Å². The van der Waals surface area contributed by atoms with Crippen LogP contribution in [0, 0.1) is 6.92 Å². The zero-order valence-corrected chi connectivity index (χ0v) is 12.8. The number of rotatable bonds is 5. The second-order valence-electron chi connectivity index (χ2n) is 4.81. The van der Waals surface area contributed by atoms with Gasteiger partial charge in [-0.2, -0.15) is 0 Å². The van der Waals surface area contributed by atoms with Gasteiger partial charge in [-0.15, -0.1) is 11.8 Å². The molecule has 1 heterocycles. The first-order chi connectivity index (χ1) is 9.60. The second kappa shape index (κ2) is 6.61. The van der Waals surface area contributed by atoms with Gasteiger partial charge in [0.25, 0.3) is 5.91 Å². The number of carbonyl (C=O) groups is 1. The van der Waals surface area contributed by atoms with E-state index in [-0.39, 0.29) is 11.9 Å². The zero-order valence-electron chi connectivity index (χ0n) is 12.0. The van der Waals surface area contributed by atoms with Crippen LogP contribution in [-0.2, 0) is 6.54 Å². The summed E-state index contributed by atoms with van der Waals surface area (Å²) in [7, 11) is 0. The van der Waals surface area contributed by atoms with Gasteiger partial charge >= 0.3 is 0 Å². The molecule has 1 N–H and O–H groups in total. The lowest BCUT2D eigenvalue weighted by atomic mass is 10.1. The number of imidazole rings is 1. The third kappa shape index (κ3) is 3.63. The molecule has 2 aromatic rings. The number of benzene rings is 1. The summed E-state index contributed by atoms with van der Waals surface area (Å²) >= 11 is 1.64. The Kier molecular flexibility index (Phi) is 4.84. The molecule has 1 atom stereocenters. The van der Waals surface area contributed by atoms with E-state index in [4.69, 9.17) is 0 Å². The number of hydrogen-bond acceptors (Lipinski definition) is 3. The first kappa shape index (κ1) is 14.7. The Hall–Kier alpha value is -1.75. The number of nitrogens with zero attached hydrogens (tertiary/aromatic N) is 2. The van der Waals surface area contributed by atoms with Gasteiger partial charge in [0.15, 0.2) is 0 Å². The van der Waals surface area contributed by atoms with Crippen molar-refractivity contribution in [2.75, 3.05) is 6.26 Å². The predicted molar refractivity (Wildman–Crippen MR) is 82.1 cm³/mol. The van der Waals surface area contributed by atoms with Gasteiger partial charge < -0.3 is 9.88 Å². The number of aromatic nitrogens is 2. The molecule has 0 saturated carbocycles. The van der Waals surface area contributed by atoms with Crippen molar-refractivity contribution in [1.29, 1.82) is 0 Å². The van der Waals surface area contributed by atoms with Crippen molar-refractivity contribution in [1.82, 2.24) is 14.9 Å². The number of amides is 1. The normalized spacial score (nSPS) is 12.2. The number of nitrogens with one attached hydrogen (secondary N) is 1. The number of carbonyl (C=O) groups excluding carboxylic acids is 1. The largest absolute Gasteiger partial charge is 0.348 e. The summed E-state index contributed by atoms with van der Waals surface area (Å²) in [6.07, 6.45) is 7.39. The molecule has 4 nitrogen and oxygen atoms in total. The minimum absolute atomic E-state index is 0.0222. The van der Waals surface area contributed by atoms with Gasteiger partial charge in [-0.05, 0) is 37.8 Å². The quantitative estimate of drug-likeness (QED) is 0.861. The molecule has 0 aliphatic heterocycles. The zero-order chi connectivity index (χ0) is 14.5. The molecule has 0 fully saturated rings. The molecule has 0 aliphatic rings. The van der Waals surface area contributed by atoms with Crippen LogP contribution >= 0.6 is 11.8 Å². The molecule has 106 valence electrons. The van der Waals surface area contributed by atoms with E-state index >= 15 is 0 Å². The van der Waals surface area contributed by atoms with E-state index in [9.17, 15) is 4.79 Å². The highest BCUT2D eigenvalue weighted by Gasteiger charge is 2.13. The lowest BCUT2D eigenvalue weighted by molar-refractivity contribution is 0.0936. The van der Waals surface area contributed by atoms with Crippen LogP contribution in [0.25, 0.3) is 0 Å². The Labute approximate surface area is 123 Å². The molecule has 20 heavy (non-hydrogen) atoms. The van der Waals surface area contributed by atoms with Gasteiger partial charge in [-0.1, -0.05) is 6.07 Å². The maximum atomic E-state index is 12.3. The molecule has 1 aromatic carbocycles. The summed E-state index contributed by atoms with van der Waals surface area (Å²) in [5.41, 5.74) is 1.74. The summed E-state index contributed by atoms with van der Waals surface area (Å²) < 4.78 is 1.95. The van der Waals surface area contributed by atoms with Crippen LogP contribution in [-0.4, -0.2) is 27.8 Å². The van der Waals surface area contributed by atoms with Crippen molar-refractivity contribution in [3.05, 3.63) is 48.0 Å². The number of thioether (sulfide) groups is 1. The topological polar surface area (TPSA) is 46.9 Å². The lowest BCUT2D eigenvalue weighted by Gasteiger charge is -2.15. The van der Waals surface area contributed by atoms with Crippen molar-refractivity contribution in [2.24, 2.45) is 0 Å². The van der Waals surface area contributed by atoms with Gasteiger partial charge in [-0.25, -0.2) is 4.98 Å². The van der Waals surface area contributed by atoms with Crippen molar-refractivity contribution in [3.63, 3.8) is 0 Å². The van der Waals surface area contributed by atoms with Crippen LogP contribution in [0.15, 0.2) is 41.8 Å². The molecule has 0 bridgehead atoms. The minimum atomic E-state index is -0.0222. The SMILES string of the molecule is CSc1ccc(C)c(C(=O)NC(C)Cn2ccnc2)c1. The third-order valence-corrected chi connectivity index (χ3v) is 3.84. The maximum Gasteiger partial charge on any atom is 0.251 e. The van der Waals surface area contributed by atoms with E-state index in [0.717, 1.165) is 16.0 Å². The van der Waals surface area contributed by atoms with Crippen molar-refractivity contribution < 1.29 is 4.79 Å². The van der Waals surface area contributed by atoms with Crippen LogP contribution in [0.1, 0.15) is 22.8 Å². The van der Waals surface area contributed by atoms with Crippen LogP contribution in [0.5, 0.6) is 0 Å². The third-order valence-electron chi connectivity index (χ3n) is 3.11. The Balaban J connectivity index is 2.04. The maximum absolute atomic E-state index is 12.3. The fourth-order valence-corrected chi connectivity index (χ4v) is 2.47. The smallest absolute Gasteiger partial charge is 0.251 e. The Morgan fingerprint density at radius 2 is 2.30 bits per heavy atom. The van der Waals surface area contributed by atoms with Crippen LogP contribution in [0.2, 0.25) is 0 Å². The summed E-state index contributed by atoms with van der Waals surface area (Å²) in [6.45, 7) is 4.66. The Morgan fingerprint density at radius 3 is 2.95 bits per heavy atom. The molecule has 5 heteroatoms. The highest BCUT2D eigenvalue weighted by molar-refractivity contribution is 7.98. The van der Waals surface area contributed by atoms with E-state index in [1.807, 2.05) is 49.1 Å². The predicted octanol–water partition coefficient (Wildman–Crippen LogP) is 2.73. The molecular weight excluding hydrogens is 270 g/mol. The van der Waals surface area contributed by atoms with E-state index in [2.05, 4.69) is 10.3 Å². The molecule has 0 spiro atoms. The monoisotopic (exact) mass is 289 g/mol. The summed E-state index contributed by atoms with van der Waals surface area (Å²) in [5.74, 6) is -0.0222. The van der Waals surface area contributed by atoms with Crippen molar-refractivity contribution in [2.45, 2.75) is 31.3 Å². The first-order valence-electron chi connectivity index (χ1n) is 6.51. The minimum Gasteiger partial charge on any atom is -0.348 e. The highest BCUT2D eigenvalue weighted by Crippen LogP contribution is 2.19. The van der Waals surface area contributed by atoms with Crippen molar-refractivity contribution in [3.8, 4) is 0 Å². The standard InChI is InChI=1S/C15H19N3OS/c1-11-4-5-13(20-3)8-14(11)15(19)17-12(2)9-18-7-6-16-10-18/h4-8,10,12H,9H2,1-3H3,(H,17,19). The molecule has 1 unspecified atom stereocenters. The van der Waals surface area contributed by atoms with E-state index in [0.29, 0.717) is 6.54 Å². The highest BCUT2D eigenvalue weighted by atomic mass is 32.2. The van der Waals surface area contributed by atoms with E-state index in [1.54, 1.807) is 24.3 Å². The van der Waals surface area contributed by atoms with Crippen LogP contribution in [0.3, 0.4) is 0 Å². The average molecular weight is 289 g/mol. The number of aryl methyl sites for hydroxylation is 1. The van der Waals surface area contributed by atoms with Gasteiger partial charge in [-0.3, -0.25) is 4.79 Å². The summed E-state index contributed by atoms with van der Waals surface area (Å²) in [5, 5.41) is 3.03. The van der Waals surface area contributed by atoms with E-state index in [1.165, 1.54) is 0 Å². The molecule has 1 aromatic heterocycles. The van der Waals surface area contributed by atoms with Crippen LogP contribution in [0.4, 0.5) is 0 Å². The molecule has 0 saturated heterocycles. The fraction of sp³-hybridized carbons (Fsp3) is 0.333. The van der Waals surface area contributed by atoms with Crippen molar-refractivity contribution >= 4 is 17.7 Å². The molecule has 0 radical (unpaired) electrons. The lowest BCUT2D eigenvalue weighted by Crippen LogP contribution is -2.35. The van der Waals surface area contributed by atoms with Gasteiger partial charge in [0, 0.05) is 35.4 Å². The van der Waals surface area contributed by atoms with Gasteiger partial charge in [0.2, 0.25) is 0 Å². The number of hydrogen-bond donors (Lipinski definition) is 1. The fourth-order valence-electron chi connectivity index (χ4n) is 2.03. The molecule has 0 aliphatic carbocycles.